The molecule has 2 rings (SSSR count). The monoisotopic (exact) mass is 265 g/mol. The number of rotatable bonds is 2. The van der Waals surface area contributed by atoms with Crippen molar-refractivity contribution < 1.29 is 4.74 Å². The Bertz CT molecular complexity index is 219. The highest BCUT2D eigenvalue weighted by molar-refractivity contribution is 8.00. The summed E-state index contributed by atoms with van der Waals surface area (Å²) in [6.45, 7) is 8.67. The van der Waals surface area contributed by atoms with Gasteiger partial charge in [0.15, 0.2) is 0 Å². The number of hydrogen-bond acceptors (Lipinski definition) is 3. The molecule has 2 aliphatic heterocycles. The van der Waals surface area contributed by atoms with Gasteiger partial charge in [0, 0.05) is 23.6 Å². The predicted molar refractivity (Wildman–Crippen MR) is 73.5 cm³/mol. The van der Waals surface area contributed by atoms with Crippen LogP contribution in [-0.4, -0.2) is 29.9 Å². The van der Waals surface area contributed by atoms with Crippen molar-refractivity contribution in [2.75, 3.05) is 18.9 Å². The van der Waals surface area contributed by atoms with Crippen molar-refractivity contribution in [3.63, 3.8) is 0 Å². The maximum absolute atomic E-state index is 6.02. The topological polar surface area (TPSA) is 21.3 Å². The summed E-state index contributed by atoms with van der Waals surface area (Å²) in [6, 6.07) is 0. The quantitative estimate of drug-likeness (QED) is 0.829. The van der Waals surface area contributed by atoms with Gasteiger partial charge in [0.05, 0.1) is 6.61 Å². The van der Waals surface area contributed by atoms with Gasteiger partial charge in [-0.3, -0.25) is 5.32 Å². The van der Waals surface area contributed by atoms with Crippen molar-refractivity contribution in [3.05, 3.63) is 0 Å². The molecule has 2 atom stereocenters. The second-order valence-corrected chi connectivity index (χ2v) is 7.28. The Hall–Kier alpha value is 0.560. The first kappa shape index (κ1) is 14.6. The van der Waals surface area contributed by atoms with Crippen LogP contribution in [0, 0.1) is 5.41 Å². The number of thioether (sulfide) groups is 1. The summed E-state index contributed by atoms with van der Waals surface area (Å²) in [5, 5.41) is 4.39. The van der Waals surface area contributed by atoms with E-state index in [-0.39, 0.29) is 18.1 Å². The summed E-state index contributed by atoms with van der Waals surface area (Å²) in [5.74, 6) is 1.34. The third kappa shape index (κ3) is 3.80. The molecule has 96 valence electrons. The Morgan fingerprint density at radius 2 is 2.12 bits per heavy atom. The molecule has 0 bridgehead atoms. The lowest BCUT2D eigenvalue weighted by atomic mass is 9.91. The Balaban J connectivity index is 0.00000128. The van der Waals surface area contributed by atoms with E-state index in [1.54, 1.807) is 0 Å². The molecule has 16 heavy (non-hydrogen) atoms. The minimum atomic E-state index is -0.0719. The predicted octanol–water partition coefficient (Wildman–Crippen LogP) is 3.06. The summed E-state index contributed by atoms with van der Waals surface area (Å²) < 4.78 is 6.02. The van der Waals surface area contributed by atoms with Gasteiger partial charge in [-0.1, -0.05) is 13.8 Å². The van der Waals surface area contributed by atoms with E-state index in [1.165, 1.54) is 18.6 Å². The van der Waals surface area contributed by atoms with Gasteiger partial charge in [0.25, 0.3) is 0 Å². The molecule has 2 unspecified atom stereocenters. The van der Waals surface area contributed by atoms with Gasteiger partial charge in [-0.05, 0) is 25.5 Å². The van der Waals surface area contributed by atoms with E-state index < -0.39 is 0 Å². The first-order chi connectivity index (χ1) is 6.99. The molecule has 2 heterocycles. The number of ether oxygens (including phenoxy) is 1. The van der Waals surface area contributed by atoms with E-state index in [1.807, 2.05) is 0 Å². The van der Waals surface area contributed by atoms with Gasteiger partial charge >= 0.3 is 0 Å². The van der Waals surface area contributed by atoms with Crippen LogP contribution in [0.4, 0.5) is 0 Å². The van der Waals surface area contributed by atoms with Crippen molar-refractivity contribution in [3.8, 4) is 0 Å². The van der Waals surface area contributed by atoms with Crippen molar-refractivity contribution >= 4 is 24.2 Å². The van der Waals surface area contributed by atoms with Crippen LogP contribution in [0.2, 0.25) is 0 Å². The molecule has 0 amide bonds. The summed E-state index contributed by atoms with van der Waals surface area (Å²) in [5.41, 5.74) is 0.222. The van der Waals surface area contributed by atoms with Crippen molar-refractivity contribution in [2.24, 2.45) is 5.41 Å². The highest BCUT2D eigenvalue weighted by atomic mass is 35.5. The number of nitrogens with one attached hydrogen (secondary N) is 1. The zero-order chi connectivity index (χ0) is 10.9. The molecule has 4 heteroatoms. The summed E-state index contributed by atoms with van der Waals surface area (Å²) in [7, 11) is 0. The standard InChI is InChI=1S/C12H23NOS.ClH/c1-11(2)8-13-12(3,14-9-11)7-10-5-4-6-15-10;/h10,13H,4-9H2,1-3H3;1H. The van der Waals surface area contributed by atoms with Crippen LogP contribution in [0.1, 0.15) is 40.0 Å². The zero-order valence-electron chi connectivity index (χ0n) is 10.5. The Kier molecular flexibility index (Phi) is 5.00. The number of halogens is 1. The Morgan fingerprint density at radius 1 is 1.38 bits per heavy atom. The maximum Gasteiger partial charge on any atom is 0.117 e. The average molecular weight is 266 g/mol. The van der Waals surface area contributed by atoms with Gasteiger partial charge in [0.1, 0.15) is 5.72 Å². The molecule has 0 aromatic carbocycles. The molecular weight excluding hydrogens is 242 g/mol. The average Bonchev–Trinajstić information content (AvgIpc) is 2.64. The molecular formula is C12H24ClNOS. The number of hydrogen-bond donors (Lipinski definition) is 1. The SMILES string of the molecule is CC1(C)CNC(C)(CC2CCCS2)OC1.Cl. The fourth-order valence-corrected chi connectivity index (χ4v) is 3.69. The molecule has 0 spiro atoms. The third-order valence-corrected chi connectivity index (χ3v) is 4.76. The summed E-state index contributed by atoms with van der Waals surface area (Å²) >= 11 is 2.11. The van der Waals surface area contributed by atoms with E-state index in [4.69, 9.17) is 4.74 Å². The van der Waals surface area contributed by atoms with Crippen LogP contribution in [0.3, 0.4) is 0 Å². The lowest BCUT2D eigenvalue weighted by molar-refractivity contribution is -0.129. The summed E-state index contributed by atoms with van der Waals surface area (Å²) in [6.07, 6.45) is 3.92. The molecule has 2 aliphatic rings. The van der Waals surface area contributed by atoms with Crippen LogP contribution in [0.15, 0.2) is 0 Å². The zero-order valence-corrected chi connectivity index (χ0v) is 12.2. The lowest BCUT2D eigenvalue weighted by Gasteiger charge is -2.43. The molecule has 1 N–H and O–H groups in total. The van der Waals surface area contributed by atoms with Crippen LogP contribution >= 0.6 is 24.2 Å². The largest absolute Gasteiger partial charge is 0.360 e. The molecule has 2 nitrogen and oxygen atoms in total. The van der Waals surface area contributed by atoms with Crippen molar-refractivity contribution in [2.45, 2.75) is 51.0 Å². The molecule has 0 saturated carbocycles. The maximum atomic E-state index is 6.02. The second-order valence-electron chi connectivity index (χ2n) is 5.88. The van der Waals surface area contributed by atoms with Gasteiger partial charge in [-0.15, -0.1) is 12.4 Å². The van der Waals surface area contributed by atoms with Crippen molar-refractivity contribution in [1.29, 1.82) is 0 Å². The van der Waals surface area contributed by atoms with Crippen LogP contribution in [0.5, 0.6) is 0 Å². The van der Waals surface area contributed by atoms with Crippen LogP contribution in [0.25, 0.3) is 0 Å². The Labute approximate surface area is 110 Å². The van der Waals surface area contributed by atoms with E-state index in [0.29, 0.717) is 5.41 Å². The highest BCUT2D eigenvalue weighted by Gasteiger charge is 2.37. The first-order valence-corrected chi connectivity index (χ1v) is 7.05. The minimum Gasteiger partial charge on any atom is -0.360 e. The lowest BCUT2D eigenvalue weighted by Crippen LogP contribution is -2.56. The fourth-order valence-electron chi connectivity index (χ4n) is 2.25. The molecule has 0 aliphatic carbocycles. The van der Waals surface area contributed by atoms with E-state index in [0.717, 1.165) is 24.8 Å². The first-order valence-electron chi connectivity index (χ1n) is 6.00. The minimum absolute atomic E-state index is 0. The van der Waals surface area contributed by atoms with Gasteiger partial charge in [0.2, 0.25) is 0 Å². The molecule has 2 saturated heterocycles. The van der Waals surface area contributed by atoms with E-state index in [9.17, 15) is 0 Å². The normalized spacial score (nSPS) is 38.1. The fraction of sp³-hybridized carbons (Fsp3) is 1.00. The highest BCUT2D eigenvalue weighted by Crippen LogP contribution is 2.35. The molecule has 2 fully saturated rings. The second kappa shape index (κ2) is 5.47. The Morgan fingerprint density at radius 3 is 2.62 bits per heavy atom. The van der Waals surface area contributed by atoms with Gasteiger partial charge in [-0.2, -0.15) is 11.8 Å². The third-order valence-electron chi connectivity index (χ3n) is 3.36. The van der Waals surface area contributed by atoms with E-state index in [2.05, 4.69) is 37.8 Å². The summed E-state index contributed by atoms with van der Waals surface area (Å²) in [4.78, 5) is 0. The van der Waals surface area contributed by atoms with Gasteiger partial charge in [-0.25, -0.2) is 0 Å². The van der Waals surface area contributed by atoms with Crippen LogP contribution in [-0.2, 0) is 4.74 Å². The van der Waals surface area contributed by atoms with Crippen LogP contribution < -0.4 is 5.32 Å². The smallest absolute Gasteiger partial charge is 0.117 e. The molecule has 0 aromatic rings. The molecule has 0 radical (unpaired) electrons. The van der Waals surface area contributed by atoms with Gasteiger partial charge < -0.3 is 4.74 Å². The van der Waals surface area contributed by atoms with E-state index >= 15 is 0 Å². The molecule has 0 aromatic heterocycles. The van der Waals surface area contributed by atoms with Crippen molar-refractivity contribution in [1.82, 2.24) is 5.32 Å².